The van der Waals surface area contributed by atoms with Crippen LogP contribution >= 0.6 is 11.6 Å². The molecule has 1 atom stereocenters. The summed E-state index contributed by atoms with van der Waals surface area (Å²) in [6.07, 6.45) is 0.687. The second-order valence-corrected chi connectivity index (χ2v) is 6.00. The number of aromatic nitrogens is 1. The Kier molecular flexibility index (Phi) is 4.40. The van der Waals surface area contributed by atoms with Crippen molar-refractivity contribution < 1.29 is 14.3 Å². The topological polar surface area (TPSA) is 59.2 Å². The maximum absolute atomic E-state index is 12.8. The van der Waals surface area contributed by atoms with Gasteiger partial charge in [-0.3, -0.25) is 4.79 Å². The molecule has 24 heavy (non-hydrogen) atoms. The van der Waals surface area contributed by atoms with E-state index < -0.39 is 5.92 Å². The van der Waals surface area contributed by atoms with Crippen LogP contribution in [0.1, 0.15) is 27.5 Å². The molecule has 0 amide bonds. The second kappa shape index (κ2) is 6.49. The third-order valence-corrected chi connectivity index (χ3v) is 4.35. The van der Waals surface area contributed by atoms with Gasteiger partial charge in [0, 0.05) is 27.2 Å². The lowest BCUT2D eigenvalue weighted by atomic mass is 9.90. The molecule has 0 radical (unpaired) electrons. The smallest absolute Gasteiger partial charge is 0.177 e. The number of rotatable bonds is 5. The largest absolute Gasteiger partial charge is 0.497 e. The Labute approximate surface area is 144 Å². The molecule has 0 saturated carbocycles. The molecule has 1 N–H and O–H groups in total. The van der Waals surface area contributed by atoms with Crippen molar-refractivity contribution in [1.82, 2.24) is 4.98 Å². The first-order valence-corrected chi connectivity index (χ1v) is 7.84. The van der Waals surface area contributed by atoms with Gasteiger partial charge in [-0.1, -0.05) is 11.6 Å². The fourth-order valence-electron chi connectivity index (χ4n) is 2.91. The molecule has 1 heterocycles. The van der Waals surface area contributed by atoms with Crippen molar-refractivity contribution in [2.75, 3.05) is 7.11 Å². The summed E-state index contributed by atoms with van der Waals surface area (Å²) in [5.41, 5.74) is 2.78. The average molecular weight is 342 g/mol. The summed E-state index contributed by atoms with van der Waals surface area (Å²) in [6, 6.07) is 12.1. The van der Waals surface area contributed by atoms with Gasteiger partial charge in [-0.25, -0.2) is 0 Å². The number of aldehydes is 1. The highest BCUT2D eigenvalue weighted by molar-refractivity contribution is 6.30. The predicted molar refractivity (Wildman–Crippen MR) is 94.2 cm³/mol. The molecule has 0 fully saturated rings. The van der Waals surface area contributed by atoms with E-state index in [4.69, 9.17) is 16.3 Å². The van der Waals surface area contributed by atoms with Crippen LogP contribution < -0.4 is 4.74 Å². The van der Waals surface area contributed by atoms with Gasteiger partial charge < -0.3 is 14.5 Å². The summed E-state index contributed by atoms with van der Waals surface area (Å²) < 4.78 is 5.26. The predicted octanol–water partition coefficient (Wildman–Crippen LogP) is 4.30. The number of fused-ring (bicyclic) bond motifs is 1. The lowest BCUT2D eigenvalue weighted by molar-refractivity contribution is -0.108. The van der Waals surface area contributed by atoms with Crippen LogP contribution in [0, 0.1) is 6.92 Å². The van der Waals surface area contributed by atoms with E-state index in [1.54, 1.807) is 31.4 Å². The number of carbonyl (C=O) groups is 2. The highest BCUT2D eigenvalue weighted by Crippen LogP contribution is 2.32. The van der Waals surface area contributed by atoms with E-state index in [0.29, 0.717) is 28.2 Å². The summed E-state index contributed by atoms with van der Waals surface area (Å²) in [5.74, 6) is -0.466. The zero-order valence-corrected chi connectivity index (χ0v) is 14.1. The fraction of sp³-hybridized carbons (Fsp3) is 0.158. The van der Waals surface area contributed by atoms with E-state index in [1.807, 2.05) is 25.1 Å². The molecule has 1 unspecified atom stereocenters. The van der Waals surface area contributed by atoms with Crippen LogP contribution in [0.5, 0.6) is 5.75 Å². The number of methoxy groups -OCH3 is 1. The van der Waals surface area contributed by atoms with Crippen molar-refractivity contribution >= 4 is 34.6 Å². The van der Waals surface area contributed by atoms with Crippen LogP contribution in [-0.2, 0) is 4.79 Å². The van der Waals surface area contributed by atoms with Crippen LogP contribution in [0.2, 0.25) is 5.02 Å². The molecule has 1 aromatic heterocycles. The second-order valence-electron chi connectivity index (χ2n) is 5.56. The van der Waals surface area contributed by atoms with Crippen molar-refractivity contribution in [2.24, 2.45) is 0 Å². The first kappa shape index (κ1) is 16.3. The molecule has 3 rings (SSSR count). The normalized spacial score (nSPS) is 12.1. The lowest BCUT2D eigenvalue weighted by Crippen LogP contribution is -2.15. The zero-order valence-electron chi connectivity index (χ0n) is 13.3. The van der Waals surface area contributed by atoms with Crippen molar-refractivity contribution in [2.45, 2.75) is 12.8 Å². The van der Waals surface area contributed by atoms with Crippen molar-refractivity contribution in [3.8, 4) is 5.75 Å². The molecule has 122 valence electrons. The summed E-state index contributed by atoms with van der Waals surface area (Å²) >= 11 is 5.87. The number of carbonyl (C=O) groups excluding carboxylic acids is 2. The van der Waals surface area contributed by atoms with E-state index in [9.17, 15) is 9.59 Å². The SMILES string of the molecule is COc1ccc2[nH]c(C)c(C(C=O)C(=O)c3ccc(Cl)cc3)c2c1. The molecular formula is C19H16ClNO3. The van der Waals surface area contributed by atoms with Gasteiger partial charge in [0.25, 0.3) is 0 Å². The number of halogens is 1. The van der Waals surface area contributed by atoms with Gasteiger partial charge in [-0.2, -0.15) is 0 Å². The summed E-state index contributed by atoms with van der Waals surface area (Å²) in [5, 5.41) is 1.36. The standard InChI is InChI=1S/C19H16ClNO3/c1-11-18(15-9-14(24-2)7-8-17(15)21-11)16(10-22)19(23)12-3-5-13(20)6-4-12/h3-10,16,21H,1-2H3. The number of hydrogen-bond acceptors (Lipinski definition) is 3. The minimum Gasteiger partial charge on any atom is -0.497 e. The van der Waals surface area contributed by atoms with E-state index in [0.717, 1.165) is 16.6 Å². The molecule has 0 saturated heterocycles. The lowest BCUT2D eigenvalue weighted by Gasteiger charge is -2.11. The number of ether oxygens (including phenoxy) is 1. The van der Waals surface area contributed by atoms with Gasteiger partial charge in [0.15, 0.2) is 5.78 Å². The molecule has 3 aromatic rings. The third kappa shape index (κ3) is 2.81. The molecular weight excluding hydrogens is 326 g/mol. The van der Waals surface area contributed by atoms with Crippen LogP contribution in [-0.4, -0.2) is 24.2 Å². The Morgan fingerprint density at radius 2 is 1.92 bits per heavy atom. The molecule has 0 aliphatic heterocycles. The number of aromatic amines is 1. The van der Waals surface area contributed by atoms with Crippen LogP contribution in [0.25, 0.3) is 10.9 Å². The van der Waals surface area contributed by atoms with Gasteiger partial charge >= 0.3 is 0 Å². The first-order chi connectivity index (χ1) is 11.5. The Morgan fingerprint density at radius 1 is 1.21 bits per heavy atom. The molecule has 0 aliphatic carbocycles. The van der Waals surface area contributed by atoms with Crippen LogP contribution in [0.3, 0.4) is 0 Å². The van der Waals surface area contributed by atoms with E-state index >= 15 is 0 Å². The number of H-pyrrole nitrogens is 1. The Hall–Kier alpha value is -2.59. The minimum atomic E-state index is -0.882. The van der Waals surface area contributed by atoms with E-state index in [1.165, 1.54) is 0 Å². The van der Waals surface area contributed by atoms with Gasteiger partial charge in [0.1, 0.15) is 18.0 Å². The molecule has 2 aromatic carbocycles. The maximum Gasteiger partial charge on any atom is 0.177 e. The highest BCUT2D eigenvalue weighted by Gasteiger charge is 2.26. The van der Waals surface area contributed by atoms with Crippen molar-refractivity contribution in [1.29, 1.82) is 0 Å². The zero-order chi connectivity index (χ0) is 17.3. The van der Waals surface area contributed by atoms with E-state index in [2.05, 4.69) is 4.98 Å². The molecule has 5 heteroatoms. The molecule has 0 bridgehead atoms. The highest BCUT2D eigenvalue weighted by atomic mass is 35.5. The summed E-state index contributed by atoms with van der Waals surface area (Å²) in [4.78, 5) is 27.8. The van der Waals surface area contributed by atoms with Crippen molar-refractivity contribution in [3.05, 3.63) is 64.3 Å². The quantitative estimate of drug-likeness (QED) is 0.427. The first-order valence-electron chi connectivity index (χ1n) is 7.46. The number of hydrogen-bond donors (Lipinski definition) is 1. The number of nitrogens with one attached hydrogen (secondary N) is 1. The number of benzene rings is 2. The Morgan fingerprint density at radius 3 is 2.54 bits per heavy atom. The van der Waals surface area contributed by atoms with Crippen LogP contribution in [0.4, 0.5) is 0 Å². The van der Waals surface area contributed by atoms with Crippen LogP contribution in [0.15, 0.2) is 42.5 Å². The average Bonchev–Trinajstić information content (AvgIpc) is 2.91. The van der Waals surface area contributed by atoms with Gasteiger partial charge in [0.05, 0.1) is 7.11 Å². The number of aryl methyl sites for hydroxylation is 1. The maximum atomic E-state index is 12.8. The molecule has 0 aliphatic rings. The fourth-order valence-corrected chi connectivity index (χ4v) is 3.03. The van der Waals surface area contributed by atoms with Gasteiger partial charge in [-0.05, 0) is 55.0 Å². The van der Waals surface area contributed by atoms with Gasteiger partial charge in [-0.15, -0.1) is 0 Å². The summed E-state index contributed by atoms with van der Waals surface area (Å²) in [7, 11) is 1.58. The molecule has 4 nitrogen and oxygen atoms in total. The molecule has 0 spiro atoms. The third-order valence-electron chi connectivity index (χ3n) is 4.10. The van der Waals surface area contributed by atoms with Gasteiger partial charge in [0.2, 0.25) is 0 Å². The monoisotopic (exact) mass is 341 g/mol. The number of Topliss-reactive ketones (excluding diaryl/α,β-unsaturated/α-hetero) is 1. The number of ketones is 1. The van der Waals surface area contributed by atoms with Crippen molar-refractivity contribution in [3.63, 3.8) is 0 Å². The Bertz CT molecular complexity index is 912. The summed E-state index contributed by atoms with van der Waals surface area (Å²) in [6.45, 7) is 1.85. The van der Waals surface area contributed by atoms with E-state index in [-0.39, 0.29) is 5.78 Å². The Balaban J connectivity index is 2.12. The minimum absolute atomic E-state index is 0.256.